The minimum Gasteiger partial charge on any atom is -0.497 e. The number of benzene rings is 1. The number of hydrogen-bond acceptors (Lipinski definition) is 2. The molecule has 0 bridgehead atoms. The van der Waals surface area contributed by atoms with Crippen LogP contribution in [0.2, 0.25) is 0 Å². The van der Waals surface area contributed by atoms with Crippen LogP contribution in [0, 0.1) is 0 Å². The molecule has 0 unspecified atom stereocenters. The molecule has 0 fully saturated rings. The largest absolute Gasteiger partial charge is 0.497 e. The van der Waals surface area contributed by atoms with Crippen molar-refractivity contribution in [2.24, 2.45) is 0 Å². The zero-order valence-electron chi connectivity index (χ0n) is 19.4. The maximum absolute atomic E-state index is 8.43. The highest BCUT2D eigenvalue weighted by atomic mass is 16.5. The van der Waals surface area contributed by atoms with E-state index in [9.17, 15) is 0 Å². The Morgan fingerprint density at radius 3 is 3.24 bits per heavy atom. The van der Waals surface area contributed by atoms with Crippen molar-refractivity contribution in [3.8, 4) is 5.75 Å². The predicted octanol–water partition coefficient (Wildman–Crippen LogP) is 2.60. The summed E-state index contributed by atoms with van der Waals surface area (Å²) in [5, 5.41) is 0.571. The van der Waals surface area contributed by atoms with Gasteiger partial charge in [0.05, 0.1) is 11.2 Å². The fraction of sp³-hybridized carbons (Fsp3) is 0.429. The Morgan fingerprint density at radius 1 is 1.53 bits per heavy atom. The molecule has 2 aromatic rings. The zero-order chi connectivity index (χ0) is 20.8. The lowest BCUT2D eigenvalue weighted by Crippen LogP contribution is -2.28. The Morgan fingerprint density at radius 2 is 2.47 bits per heavy atom. The number of methoxy groups -OCH3 is 1. The second-order valence-electron chi connectivity index (χ2n) is 3.77. The van der Waals surface area contributed by atoms with Gasteiger partial charge in [-0.25, -0.2) is 0 Å². The minimum absolute atomic E-state index is 0.118. The molecule has 3 heteroatoms. The number of hydrogen-bond donors (Lipinski definition) is 0. The number of likely N-dealkylation sites (N-methyl/N-ethyl adjacent to an activating group) is 1. The first kappa shape index (κ1) is 4.65. The summed E-state index contributed by atoms with van der Waals surface area (Å²) < 4.78 is 81.7. The quantitative estimate of drug-likeness (QED) is 0.820. The van der Waals surface area contributed by atoms with Gasteiger partial charge in [-0.2, -0.15) is 0 Å². The molecule has 0 saturated carbocycles. The Labute approximate surface area is 117 Å². The van der Waals surface area contributed by atoms with E-state index >= 15 is 0 Å². The van der Waals surface area contributed by atoms with Crippen molar-refractivity contribution < 1.29 is 18.4 Å². The summed E-state index contributed by atoms with van der Waals surface area (Å²) in [5.41, 5.74) is 0.521. The lowest BCUT2D eigenvalue weighted by atomic mass is 10.2. The topological polar surface area (TPSA) is 17.4 Å². The van der Waals surface area contributed by atoms with Crippen LogP contribution in [0.1, 0.15) is 20.6 Å². The van der Waals surface area contributed by atoms with Crippen molar-refractivity contribution in [2.75, 3.05) is 21.1 Å². The molecule has 92 valence electrons. The highest BCUT2D eigenvalue weighted by Gasteiger charge is 2.08. The SMILES string of the molecule is [2H]C([2H])([2H])Oc1ccc2c(ccn2C[C@]([2H])(N(C)C([2H])([2H])[2H])C([2H])([2H])[2H])c1. The molecule has 1 aromatic carbocycles. The average Bonchev–Trinajstić information content (AvgIpc) is 2.84. The number of rotatable bonds is 4. The van der Waals surface area contributed by atoms with E-state index < -0.39 is 33.4 Å². The standard InChI is InChI=1S/C14H20N2O/c1-11(15(2)3)10-16-8-7-12-9-13(17-4)5-6-14(12)16/h5-9,11H,10H2,1-4H3/t11-/m1/s1/i1D3,2D3,4D3,11D. The van der Waals surface area contributed by atoms with E-state index in [0.717, 1.165) is 7.05 Å². The number of aromatic nitrogens is 1. The molecule has 0 saturated heterocycles. The monoisotopic (exact) mass is 242 g/mol. The normalized spacial score (nSPS) is 26.0. The van der Waals surface area contributed by atoms with Gasteiger partial charge in [-0.3, -0.25) is 0 Å². The van der Waals surface area contributed by atoms with Crippen LogP contribution in [0.4, 0.5) is 0 Å². The molecule has 1 heterocycles. The van der Waals surface area contributed by atoms with Gasteiger partial charge in [0.25, 0.3) is 0 Å². The second-order valence-corrected chi connectivity index (χ2v) is 3.77. The van der Waals surface area contributed by atoms with Crippen molar-refractivity contribution in [1.29, 1.82) is 0 Å². The number of nitrogens with zero attached hydrogens (tertiary/aromatic N) is 2. The first-order valence-corrected chi connectivity index (χ1v) is 5.06. The van der Waals surface area contributed by atoms with E-state index in [1.165, 1.54) is 29.0 Å². The van der Waals surface area contributed by atoms with Gasteiger partial charge in [0, 0.05) is 39.3 Å². The molecule has 0 spiro atoms. The summed E-state index contributed by atoms with van der Waals surface area (Å²) in [6.45, 7) is -6.09. The van der Waals surface area contributed by atoms with Crippen molar-refractivity contribution in [3.05, 3.63) is 30.5 Å². The molecule has 1 atom stereocenters. The summed E-state index contributed by atoms with van der Waals surface area (Å²) in [5.74, 6) is 0.118. The maximum Gasteiger partial charge on any atom is 0.119 e. The van der Waals surface area contributed by atoms with Crippen LogP contribution >= 0.6 is 0 Å². The Hall–Kier alpha value is -1.48. The summed E-state index contributed by atoms with van der Waals surface area (Å²) in [7, 11) is -1.52. The van der Waals surface area contributed by atoms with E-state index in [1.54, 1.807) is 6.07 Å². The van der Waals surface area contributed by atoms with Crippen molar-refractivity contribution >= 4 is 10.9 Å². The molecule has 0 aliphatic heterocycles. The summed E-state index contributed by atoms with van der Waals surface area (Å²) in [6, 6.07) is 3.63. The van der Waals surface area contributed by atoms with Crippen LogP contribution < -0.4 is 4.74 Å². The molecular weight excluding hydrogens is 212 g/mol. The molecule has 0 N–H and O–H groups in total. The zero-order valence-corrected chi connectivity index (χ0v) is 9.40. The summed E-state index contributed by atoms with van der Waals surface area (Å²) in [6.07, 6.45) is 1.52. The maximum atomic E-state index is 8.43. The van der Waals surface area contributed by atoms with E-state index in [2.05, 4.69) is 0 Å². The fourth-order valence-corrected chi connectivity index (χ4v) is 1.65. The third kappa shape index (κ3) is 2.44. The predicted molar refractivity (Wildman–Crippen MR) is 71.6 cm³/mol. The van der Waals surface area contributed by atoms with Gasteiger partial charge < -0.3 is 14.2 Å². The Bertz CT molecular complexity index is 807. The van der Waals surface area contributed by atoms with Gasteiger partial charge in [0.15, 0.2) is 0 Å². The minimum atomic E-state index is -2.89. The molecule has 1 aromatic heterocycles. The molecule has 3 nitrogen and oxygen atoms in total. The third-order valence-electron chi connectivity index (χ3n) is 2.59. The van der Waals surface area contributed by atoms with E-state index in [4.69, 9.17) is 18.4 Å². The Kier molecular flexibility index (Phi) is 1.31. The van der Waals surface area contributed by atoms with Gasteiger partial charge in [0.2, 0.25) is 0 Å². The molecule has 2 rings (SSSR count). The fourth-order valence-electron chi connectivity index (χ4n) is 1.65. The van der Waals surface area contributed by atoms with Gasteiger partial charge in [-0.15, -0.1) is 0 Å². The van der Waals surface area contributed by atoms with Crippen LogP contribution in [0.5, 0.6) is 5.75 Å². The van der Waals surface area contributed by atoms with Gasteiger partial charge in [-0.05, 0) is 45.1 Å². The van der Waals surface area contributed by atoms with E-state index in [0.29, 0.717) is 15.8 Å². The highest BCUT2D eigenvalue weighted by Crippen LogP contribution is 2.22. The number of fused-ring (bicyclic) bond motifs is 1. The van der Waals surface area contributed by atoms with Crippen molar-refractivity contribution in [2.45, 2.75) is 19.4 Å². The van der Waals surface area contributed by atoms with Gasteiger partial charge >= 0.3 is 0 Å². The lowest BCUT2D eigenvalue weighted by Gasteiger charge is -2.20. The number of ether oxygens (including phenoxy) is 1. The smallest absolute Gasteiger partial charge is 0.119 e. The molecular formula is C14H20N2O. The summed E-state index contributed by atoms with van der Waals surface area (Å²) >= 11 is 0. The lowest BCUT2D eigenvalue weighted by molar-refractivity contribution is 0.286. The van der Waals surface area contributed by atoms with Crippen molar-refractivity contribution in [3.63, 3.8) is 0 Å². The van der Waals surface area contributed by atoms with E-state index in [1.807, 2.05) is 0 Å². The van der Waals surface area contributed by atoms with Gasteiger partial charge in [-0.1, -0.05) is 0 Å². The molecule has 0 aliphatic carbocycles. The summed E-state index contributed by atoms with van der Waals surface area (Å²) in [4.78, 5) is 0.560. The van der Waals surface area contributed by atoms with Crippen LogP contribution in [0.15, 0.2) is 30.5 Å². The van der Waals surface area contributed by atoms with Crippen molar-refractivity contribution in [1.82, 2.24) is 9.47 Å². The molecule has 0 amide bonds. The molecule has 17 heavy (non-hydrogen) atoms. The first-order valence-electron chi connectivity index (χ1n) is 10.1. The highest BCUT2D eigenvalue weighted by molar-refractivity contribution is 5.81. The molecule has 0 radical (unpaired) electrons. The van der Waals surface area contributed by atoms with Crippen LogP contribution in [-0.2, 0) is 6.54 Å². The van der Waals surface area contributed by atoms with Crippen LogP contribution in [0.3, 0.4) is 0 Å². The van der Waals surface area contributed by atoms with Crippen LogP contribution in [0.25, 0.3) is 10.9 Å². The first-order chi connectivity index (χ1) is 12.0. The Balaban J connectivity index is 2.43. The average molecular weight is 242 g/mol. The van der Waals surface area contributed by atoms with E-state index in [-0.39, 0.29) is 5.75 Å². The van der Waals surface area contributed by atoms with Crippen LogP contribution in [-0.4, -0.2) is 36.5 Å². The molecule has 0 aliphatic rings. The van der Waals surface area contributed by atoms with Gasteiger partial charge in [0.1, 0.15) is 5.75 Å². The third-order valence-corrected chi connectivity index (χ3v) is 2.59. The second kappa shape index (κ2) is 4.80.